The SMILES string of the molecule is Cn1nnc2c(=O)n(CC(=O)N3CCc4ccccc43)cnc21. The van der Waals surface area contributed by atoms with E-state index in [-0.39, 0.29) is 23.5 Å². The summed E-state index contributed by atoms with van der Waals surface area (Å²) >= 11 is 0. The number of aromatic nitrogens is 5. The van der Waals surface area contributed by atoms with Crippen molar-refractivity contribution in [2.24, 2.45) is 7.05 Å². The summed E-state index contributed by atoms with van der Waals surface area (Å²) in [6, 6.07) is 7.81. The summed E-state index contributed by atoms with van der Waals surface area (Å²) in [6.07, 6.45) is 2.20. The second-order valence-electron chi connectivity index (χ2n) is 5.49. The summed E-state index contributed by atoms with van der Waals surface area (Å²) in [7, 11) is 1.67. The van der Waals surface area contributed by atoms with Crippen molar-refractivity contribution >= 4 is 22.8 Å². The van der Waals surface area contributed by atoms with Gasteiger partial charge in [0, 0.05) is 19.3 Å². The molecule has 3 heterocycles. The van der Waals surface area contributed by atoms with Crippen LogP contribution in [0.1, 0.15) is 5.56 Å². The summed E-state index contributed by atoms with van der Waals surface area (Å²) in [5.41, 5.74) is 2.29. The standard InChI is InChI=1S/C15H14N6O2/c1-19-14-13(17-18-19)15(23)20(9-16-14)8-12(22)21-7-6-10-4-2-3-5-11(10)21/h2-5,9H,6-8H2,1H3. The Hall–Kier alpha value is -3.03. The Labute approximate surface area is 131 Å². The number of amides is 1. The molecule has 1 aliphatic rings. The molecule has 116 valence electrons. The van der Waals surface area contributed by atoms with Crippen molar-refractivity contribution in [3.8, 4) is 0 Å². The third-order valence-electron chi connectivity index (χ3n) is 4.07. The molecule has 4 rings (SSSR count). The molecule has 1 aliphatic heterocycles. The zero-order valence-electron chi connectivity index (χ0n) is 12.5. The Morgan fingerprint density at radius 1 is 1.30 bits per heavy atom. The molecule has 3 aromatic rings. The van der Waals surface area contributed by atoms with E-state index in [4.69, 9.17) is 0 Å². The van der Waals surface area contributed by atoms with Crippen molar-refractivity contribution in [3.63, 3.8) is 0 Å². The molecule has 0 saturated heterocycles. The smallest absolute Gasteiger partial charge is 0.283 e. The highest BCUT2D eigenvalue weighted by Gasteiger charge is 2.24. The maximum atomic E-state index is 12.6. The third kappa shape index (κ3) is 2.10. The van der Waals surface area contributed by atoms with Gasteiger partial charge >= 0.3 is 0 Å². The van der Waals surface area contributed by atoms with Crippen LogP contribution >= 0.6 is 0 Å². The fraction of sp³-hybridized carbons (Fsp3) is 0.267. The third-order valence-corrected chi connectivity index (χ3v) is 4.07. The summed E-state index contributed by atoms with van der Waals surface area (Å²) in [5, 5.41) is 7.59. The molecule has 0 bridgehead atoms. The Kier molecular flexibility index (Phi) is 2.97. The molecule has 2 aromatic heterocycles. The minimum absolute atomic E-state index is 0.0628. The van der Waals surface area contributed by atoms with Crippen molar-refractivity contribution in [2.75, 3.05) is 11.4 Å². The number of fused-ring (bicyclic) bond motifs is 2. The minimum Gasteiger partial charge on any atom is -0.310 e. The number of rotatable bonds is 2. The Morgan fingerprint density at radius 3 is 3.00 bits per heavy atom. The molecular weight excluding hydrogens is 296 g/mol. The Balaban J connectivity index is 1.65. The van der Waals surface area contributed by atoms with Gasteiger partial charge in [0.2, 0.25) is 5.91 Å². The highest BCUT2D eigenvalue weighted by Crippen LogP contribution is 2.27. The molecule has 0 spiro atoms. The van der Waals surface area contributed by atoms with E-state index >= 15 is 0 Å². The van der Waals surface area contributed by atoms with E-state index in [0.717, 1.165) is 17.7 Å². The number of aryl methyl sites for hydroxylation is 1. The molecule has 0 N–H and O–H groups in total. The lowest BCUT2D eigenvalue weighted by atomic mass is 10.2. The number of hydrogen-bond donors (Lipinski definition) is 0. The lowest BCUT2D eigenvalue weighted by Crippen LogP contribution is -2.35. The van der Waals surface area contributed by atoms with Gasteiger partial charge in [0.05, 0.1) is 0 Å². The minimum atomic E-state index is -0.357. The van der Waals surface area contributed by atoms with Crippen molar-refractivity contribution in [1.82, 2.24) is 24.5 Å². The summed E-state index contributed by atoms with van der Waals surface area (Å²) in [6.45, 7) is 0.570. The average molecular weight is 310 g/mol. The number of carbonyl (C=O) groups excluding carboxylic acids is 1. The van der Waals surface area contributed by atoms with Crippen LogP contribution in [0.3, 0.4) is 0 Å². The number of benzene rings is 1. The van der Waals surface area contributed by atoms with Crippen LogP contribution in [0.4, 0.5) is 5.69 Å². The van der Waals surface area contributed by atoms with Crippen molar-refractivity contribution in [1.29, 1.82) is 0 Å². The predicted molar refractivity (Wildman–Crippen MR) is 83.1 cm³/mol. The quantitative estimate of drug-likeness (QED) is 0.671. The molecule has 0 atom stereocenters. The molecule has 0 radical (unpaired) electrons. The van der Waals surface area contributed by atoms with Crippen LogP contribution in [0, 0.1) is 0 Å². The molecule has 23 heavy (non-hydrogen) atoms. The first-order chi connectivity index (χ1) is 11.1. The number of nitrogens with zero attached hydrogens (tertiary/aromatic N) is 6. The van der Waals surface area contributed by atoms with Gasteiger partial charge in [-0.15, -0.1) is 5.10 Å². The first-order valence-corrected chi connectivity index (χ1v) is 7.28. The van der Waals surface area contributed by atoms with Crippen LogP contribution in [0.5, 0.6) is 0 Å². The van der Waals surface area contributed by atoms with Gasteiger partial charge in [0.15, 0.2) is 11.2 Å². The van der Waals surface area contributed by atoms with Crippen LogP contribution in [0.15, 0.2) is 35.4 Å². The highest BCUT2D eigenvalue weighted by molar-refractivity contribution is 5.95. The molecule has 8 nitrogen and oxygen atoms in total. The number of para-hydroxylation sites is 1. The molecule has 1 aromatic carbocycles. The summed E-state index contributed by atoms with van der Waals surface area (Å²) < 4.78 is 2.71. The van der Waals surface area contributed by atoms with E-state index in [9.17, 15) is 9.59 Å². The highest BCUT2D eigenvalue weighted by atomic mass is 16.2. The molecule has 0 aliphatic carbocycles. The van der Waals surface area contributed by atoms with Crippen molar-refractivity contribution in [2.45, 2.75) is 13.0 Å². The van der Waals surface area contributed by atoms with Gasteiger partial charge in [0.25, 0.3) is 5.56 Å². The molecule has 8 heteroatoms. The largest absolute Gasteiger partial charge is 0.310 e. The van der Waals surface area contributed by atoms with Gasteiger partial charge in [-0.3, -0.25) is 14.2 Å². The maximum absolute atomic E-state index is 12.6. The first kappa shape index (κ1) is 13.6. The lowest BCUT2D eigenvalue weighted by Gasteiger charge is -2.17. The zero-order chi connectivity index (χ0) is 16.0. The van der Waals surface area contributed by atoms with E-state index in [1.807, 2.05) is 24.3 Å². The van der Waals surface area contributed by atoms with Crippen LogP contribution in [-0.4, -0.2) is 37.0 Å². The predicted octanol–water partition coefficient (Wildman–Crippen LogP) is 0.114. The molecule has 0 saturated carbocycles. The van der Waals surface area contributed by atoms with Crippen molar-refractivity contribution in [3.05, 3.63) is 46.5 Å². The van der Waals surface area contributed by atoms with E-state index < -0.39 is 0 Å². The van der Waals surface area contributed by atoms with Gasteiger partial charge in [-0.2, -0.15) is 0 Å². The van der Waals surface area contributed by atoms with Gasteiger partial charge in [-0.1, -0.05) is 23.4 Å². The fourth-order valence-corrected chi connectivity index (χ4v) is 2.89. The molecule has 0 fully saturated rings. The van der Waals surface area contributed by atoms with E-state index in [0.29, 0.717) is 12.2 Å². The number of carbonyl (C=O) groups is 1. The second-order valence-corrected chi connectivity index (χ2v) is 5.49. The molecule has 0 unspecified atom stereocenters. The lowest BCUT2D eigenvalue weighted by molar-refractivity contribution is -0.119. The number of hydrogen-bond acceptors (Lipinski definition) is 5. The van der Waals surface area contributed by atoms with Crippen molar-refractivity contribution < 1.29 is 4.79 Å². The fourth-order valence-electron chi connectivity index (χ4n) is 2.89. The van der Waals surface area contributed by atoms with E-state index in [2.05, 4.69) is 15.3 Å². The van der Waals surface area contributed by atoms with Gasteiger partial charge in [0.1, 0.15) is 12.9 Å². The topological polar surface area (TPSA) is 85.9 Å². The van der Waals surface area contributed by atoms with Crippen LogP contribution < -0.4 is 10.5 Å². The zero-order valence-corrected chi connectivity index (χ0v) is 12.5. The number of anilines is 1. The van der Waals surface area contributed by atoms with E-state index in [1.165, 1.54) is 15.6 Å². The monoisotopic (exact) mass is 310 g/mol. The van der Waals surface area contributed by atoms with Crippen LogP contribution in [0.2, 0.25) is 0 Å². The Morgan fingerprint density at radius 2 is 2.13 bits per heavy atom. The summed E-state index contributed by atoms with van der Waals surface area (Å²) in [4.78, 5) is 30.8. The van der Waals surface area contributed by atoms with Crippen LogP contribution in [-0.2, 0) is 24.8 Å². The van der Waals surface area contributed by atoms with Gasteiger partial charge < -0.3 is 4.90 Å². The summed E-state index contributed by atoms with van der Waals surface area (Å²) in [5.74, 6) is -0.137. The van der Waals surface area contributed by atoms with Gasteiger partial charge in [-0.05, 0) is 18.1 Å². The first-order valence-electron chi connectivity index (χ1n) is 7.28. The maximum Gasteiger partial charge on any atom is 0.283 e. The molecule has 1 amide bonds. The second kappa shape index (κ2) is 5.01. The van der Waals surface area contributed by atoms with Crippen LogP contribution in [0.25, 0.3) is 11.2 Å². The van der Waals surface area contributed by atoms with Gasteiger partial charge in [-0.25, -0.2) is 9.67 Å². The molecular formula is C15H14N6O2. The van der Waals surface area contributed by atoms with E-state index in [1.54, 1.807) is 11.9 Å². The average Bonchev–Trinajstić information content (AvgIpc) is 3.14. The normalized spacial score (nSPS) is 13.5. The Bertz CT molecular complexity index is 974.